The highest BCUT2D eigenvalue weighted by molar-refractivity contribution is 5.97. The summed E-state index contributed by atoms with van der Waals surface area (Å²) >= 11 is 0. The first-order valence-corrected chi connectivity index (χ1v) is 14.0. The van der Waals surface area contributed by atoms with E-state index in [4.69, 9.17) is 14.2 Å². The van der Waals surface area contributed by atoms with Gasteiger partial charge in [0, 0.05) is 18.2 Å². The third-order valence-corrected chi connectivity index (χ3v) is 7.59. The molecule has 2 aromatic heterocycles. The minimum atomic E-state index is -1.11. The number of amides is 1. The number of aromatic nitrogens is 3. The summed E-state index contributed by atoms with van der Waals surface area (Å²) < 4.78 is 61.4. The highest BCUT2D eigenvalue weighted by atomic mass is 19.2. The van der Waals surface area contributed by atoms with Gasteiger partial charge in [-0.1, -0.05) is 19.3 Å². The normalized spacial score (nSPS) is 14.4. The summed E-state index contributed by atoms with van der Waals surface area (Å²) in [6.45, 7) is 1.77. The van der Waals surface area contributed by atoms with E-state index in [2.05, 4.69) is 15.3 Å². The Hall–Kier alpha value is -4.61. The number of methoxy groups -OCH3 is 2. The van der Waals surface area contributed by atoms with Crippen molar-refractivity contribution >= 4 is 28.6 Å². The zero-order valence-electron chi connectivity index (χ0n) is 24.0. The van der Waals surface area contributed by atoms with Crippen molar-refractivity contribution in [2.75, 3.05) is 26.1 Å². The number of nitrogens with one attached hydrogen (secondary N) is 1. The number of carbonyl (C=O) groups is 2. The average molecular weight is 597 g/mol. The Labute approximate surface area is 246 Å². The maximum absolute atomic E-state index is 15.2. The molecule has 9 nitrogen and oxygen atoms in total. The Balaban J connectivity index is 1.66. The molecule has 1 atom stereocenters. The lowest BCUT2D eigenvalue weighted by molar-refractivity contribution is -0.121. The maximum atomic E-state index is 15.2. The quantitative estimate of drug-likeness (QED) is 0.221. The van der Waals surface area contributed by atoms with Crippen molar-refractivity contribution in [2.45, 2.75) is 45.1 Å². The van der Waals surface area contributed by atoms with Gasteiger partial charge in [0.1, 0.15) is 17.7 Å². The predicted molar refractivity (Wildman–Crippen MR) is 153 cm³/mol. The smallest absolute Gasteiger partial charge is 0.338 e. The zero-order valence-corrected chi connectivity index (χ0v) is 24.0. The first kappa shape index (κ1) is 29.9. The van der Waals surface area contributed by atoms with Crippen molar-refractivity contribution in [1.29, 1.82) is 0 Å². The molecule has 0 bridgehead atoms. The van der Waals surface area contributed by atoms with Gasteiger partial charge in [0.25, 0.3) is 0 Å². The van der Waals surface area contributed by atoms with Gasteiger partial charge in [0.2, 0.25) is 17.7 Å². The number of fused-ring (bicyclic) bond motifs is 1. The van der Waals surface area contributed by atoms with E-state index in [-0.39, 0.29) is 52.4 Å². The molecule has 0 spiro atoms. The number of carbonyl (C=O) groups excluding carboxylic acids is 2. The number of rotatable bonds is 9. The van der Waals surface area contributed by atoms with Gasteiger partial charge in [0.05, 0.1) is 48.7 Å². The van der Waals surface area contributed by atoms with Crippen LogP contribution in [0.3, 0.4) is 0 Å². The molecule has 5 rings (SSSR count). The fourth-order valence-corrected chi connectivity index (χ4v) is 5.58. The van der Waals surface area contributed by atoms with E-state index < -0.39 is 35.4 Å². The van der Waals surface area contributed by atoms with Crippen LogP contribution in [0.25, 0.3) is 22.4 Å². The Morgan fingerprint density at radius 1 is 0.953 bits per heavy atom. The molecule has 43 heavy (non-hydrogen) atoms. The first-order chi connectivity index (χ1) is 20.7. The van der Waals surface area contributed by atoms with Crippen LogP contribution < -0.4 is 14.8 Å². The van der Waals surface area contributed by atoms with Crippen molar-refractivity contribution < 1.29 is 37.0 Å². The monoisotopic (exact) mass is 596 g/mol. The number of anilines is 1. The van der Waals surface area contributed by atoms with E-state index in [9.17, 15) is 18.4 Å². The van der Waals surface area contributed by atoms with E-state index >= 15 is 4.39 Å². The summed E-state index contributed by atoms with van der Waals surface area (Å²) in [7, 11) is 2.86. The molecule has 1 N–H and O–H groups in total. The van der Waals surface area contributed by atoms with E-state index in [0.29, 0.717) is 18.4 Å². The third-order valence-electron chi connectivity index (χ3n) is 7.59. The SMILES string of the molecule is CCOC(=O)c1ccc(NC(=O)C(C2CCCCC2)n2c(-c3ccc(OC)nc3OC)nc3cc(F)c(F)cc32)c(F)c1. The van der Waals surface area contributed by atoms with Crippen molar-refractivity contribution in [3.63, 3.8) is 0 Å². The molecule has 1 aliphatic rings. The number of imidazole rings is 1. The summed E-state index contributed by atoms with van der Waals surface area (Å²) in [4.78, 5) is 35.2. The highest BCUT2D eigenvalue weighted by Crippen LogP contribution is 2.41. The lowest BCUT2D eigenvalue weighted by Crippen LogP contribution is -2.34. The summed E-state index contributed by atoms with van der Waals surface area (Å²) in [5, 5.41) is 2.66. The number of ether oxygens (including phenoxy) is 3. The van der Waals surface area contributed by atoms with Gasteiger partial charge in [-0.15, -0.1) is 0 Å². The first-order valence-electron chi connectivity index (χ1n) is 14.0. The Morgan fingerprint density at radius 3 is 2.37 bits per heavy atom. The van der Waals surface area contributed by atoms with E-state index in [1.165, 1.54) is 26.4 Å². The Bertz CT molecular complexity index is 1670. The summed E-state index contributed by atoms with van der Waals surface area (Å²) in [5.41, 5.74) is 0.506. The third kappa shape index (κ3) is 5.99. The lowest BCUT2D eigenvalue weighted by Gasteiger charge is -2.32. The van der Waals surface area contributed by atoms with E-state index in [1.54, 1.807) is 23.6 Å². The van der Waals surface area contributed by atoms with Gasteiger partial charge < -0.3 is 24.1 Å². The van der Waals surface area contributed by atoms with Crippen LogP contribution >= 0.6 is 0 Å². The largest absolute Gasteiger partial charge is 0.481 e. The van der Waals surface area contributed by atoms with Crippen LogP contribution in [0.15, 0.2) is 42.5 Å². The van der Waals surface area contributed by atoms with Gasteiger partial charge in [-0.2, -0.15) is 4.98 Å². The molecule has 1 saturated carbocycles. The molecule has 1 fully saturated rings. The highest BCUT2D eigenvalue weighted by Gasteiger charge is 2.36. The van der Waals surface area contributed by atoms with Crippen LogP contribution in [-0.4, -0.2) is 47.2 Å². The van der Waals surface area contributed by atoms with E-state index in [1.807, 2.05) is 0 Å². The van der Waals surface area contributed by atoms with Crippen molar-refractivity contribution in [1.82, 2.24) is 14.5 Å². The van der Waals surface area contributed by atoms with Crippen LogP contribution in [0.1, 0.15) is 55.4 Å². The second kappa shape index (κ2) is 12.7. The second-order valence-electron chi connectivity index (χ2n) is 10.2. The lowest BCUT2D eigenvalue weighted by atomic mass is 9.83. The number of pyridine rings is 1. The second-order valence-corrected chi connectivity index (χ2v) is 10.2. The standard InChI is InChI=1S/C31H31F3N4O5/c1-4-43-31(40)18-10-12-23(22(34)14-18)36-29(39)27(17-8-6-5-7-9-17)38-25-16-21(33)20(32)15-24(25)35-28(38)19-11-13-26(41-2)37-30(19)42-3/h10-17,27H,4-9H2,1-3H3,(H,36,39). The topological polar surface area (TPSA) is 105 Å². The molecule has 0 aliphatic heterocycles. The molecular weight excluding hydrogens is 565 g/mol. The number of nitrogens with zero attached hydrogens (tertiary/aromatic N) is 3. The molecule has 1 amide bonds. The van der Waals surface area contributed by atoms with Crippen LogP contribution in [0.2, 0.25) is 0 Å². The van der Waals surface area contributed by atoms with Crippen molar-refractivity contribution in [3.8, 4) is 23.1 Å². The Kier molecular flexibility index (Phi) is 8.84. The van der Waals surface area contributed by atoms with Crippen molar-refractivity contribution in [3.05, 3.63) is 65.5 Å². The van der Waals surface area contributed by atoms with Gasteiger partial charge >= 0.3 is 5.97 Å². The van der Waals surface area contributed by atoms with Crippen LogP contribution in [0.5, 0.6) is 11.8 Å². The number of benzene rings is 2. The molecule has 226 valence electrons. The summed E-state index contributed by atoms with van der Waals surface area (Å²) in [6, 6.07) is 7.83. The van der Waals surface area contributed by atoms with Gasteiger partial charge in [-0.3, -0.25) is 4.79 Å². The molecule has 12 heteroatoms. The number of halogens is 3. The molecule has 2 aromatic carbocycles. The molecule has 2 heterocycles. The fraction of sp³-hybridized carbons (Fsp3) is 0.355. The minimum Gasteiger partial charge on any atom is -0.481 e. The number of hydrogen-bond donors (Lipinski definition) is 1. The van der Waals surface area contributed by atoms with Crippen LogP contribution in [-0.2, 0) is 9.53 Å². The van der Waals surface area contributed by atoms with E-state index in [0.717, 1.165) is 37.5 Å². The molecule has 4 aromatic rings. The average Bonchev–Trinajstić information content (AvgIpc) is 3.35. The minimum absolute atomic E-state index is 0.000622. The van der Waals surface area contributed by atoms with Gasteiger partial charge in [0.15, 0.2) is 11.6 Å². The summed E-state index contributed by atoms with van der Waals surface area (Å²) in [6.07, 6.45) is 4.04. The van der Waals surface area contributed by atoms with Crippen LogP contribution in [0, 0.1) is 23.4 Å². The van der Waals surface area contributed by atoms with Gasteiger partial charge in [-0.05, 0) is 49.9 Å². The zero-order chi connectivity index (χ0) is 30.7. The molecule has 0 saturated heterocycles. The molecule has 1 unspecified atom stereocenters. The fourth-order valence-electron chi connectivity index (χ4n) is 5.58. The van der Waals surface area contributed by atoms with Crippen molar-refractivity contribution in [2.24, 2.45) is 5.92 Å². The molecule has 1 aliphatic carbocycles. The molecule has 0 radical (unpaired) electrons. The predicted octanol–water partition coefficient (Wildman–Crippen LogP) is 6.47. The van der Waals surface area contributed by atoms with Crippen LogP contribution in [0.4, 0.5) is 18.9 Å². The Morgan fingerprint density at radius 2 is 1.70 bits per heavy atom. The summed E-state index contributed by atoms with van der Waals surface area (Å²) in [5.74, 6) is -3.96. The number of hydrogen-bond acceptors (Lipinski definition) is 7. The van der Waals surface area contributed by atoms with Gasteiger partial charge in [-0.25, -0.2) is 22.9 Å². The molecular formula is C31H31F3N4O5. The number of esters is 1. The maximum Gasteiger partial charge on any atom is 0.338 e.